The van der Waals surface area contributed by atoms with Crippen LogP contribution in [0.2, 0.25) is 5.02 Å². The molecule has 4 amide bonds. The van der Waals surface area contributed by atoms with Gasteiger partial charge in [-0.1, -0.05) is 23.7 Å². The van der Waals surface area contributed by atoms with Crippen LogP contribution in [-0.4, -0.2) is 65.2 Å². The molecule has 200 valence electrons. The number of carbonyl (C=O) groups excluding carboxylic acids is 4. The molecular weight excluding hydrogens is 508 g/mol. The van der Waals surface area contributed by atoms with Gasteiger partial charge in [0.25, 0.3) is 5.91 Å². The number of imide groups is 1. The van der Waals surface area contributed by atoms with Crippen molar-refractivity contribution in [3.63, 3.8) is 0 Å². The predicted molar refractivity (Wildman–Crippen MR) is 142 cm³/mol. The summed E-state index contributed by atoms with van der Waals surface area (Å²) < 4.78 is 6.08. The fourth-order valence-electron chi connectivity index (χ4n) is 5.43. The van der Waals surface area contributed by atoms with Crippen LogP contribution in [0.4, 0.5) is 5.69 Å². The van der Waals surface area contributed by atoms with Crippen molar-refractivity contribution in [3.8, 4) is 5.75 Å². The molecule has 2 unspecified atom stereocenters. The Hall–Kier alpha value is -3.43. The summed E-state index contributed by atoms with van der Waals surface area (Å²) in [7, 11) is 0. The summed E-state index contributed by atoms with van der Waals surface area (Å²) in [6.45, 7) is 4.19. The van der Waals surface area contributed by atoms with Crippen molar-refractivity contribution in [1.82, 2.24) is 15.1 Å². The molecule has 2 fully saturated rings. The van der Waals surface area contributed by atoms with E-state index in [9.17, 15) is 19.2 Å². The Kier molecular flexibility index (Phi) is 7.67. The summed E-state index contributed by atoms with van der Waals surface area (Å²) in [4.78, 5) is 53.5. The van der Waals surface area contributed by atoms with Crippen LogP contribution in [0.15, 0.2) is 36.4 Å². The van der Waals surface area contributed by atoms with Crippen LogP contribution < -0.4 is 15.4 Å². The van der Waals surface area contributed by atoms with Crippen molar-refractivity contribution in [2.24, 2.45) is 0 Å². The Morgan fingerprint density at radius 2 is 2.03 bits per heavy atom. The van der Waals surface area contributed by atoms with E-state index in [1.807, 2.05) is 25.1 Å². The Balaban J connectivity index is 1.14. The minimum atomic E-state index is -0.658. The largest absolute Gasteiger partial charge is 0.493 e. The molecule has 2 N–H and O–H groups in total. The minimum absolute atomic E-state index is 0.0312. The van der Waals surface area contributed by atoms with Crippen LogP contribution in [-0.2, 0) is 20.9 Å². The molecule has 0 spiro atoms. The van der Waals surface area contributed by atoms with Crippen LogP contribution in [0.1, 0.15) is 53.6 Å². The first-order valence-corrected chi connectivity index (χ1v) is 13.4. The normalized spacial score (nSPS) is 21.4. The number of likely N-dealkylation sites (tertiary alicyclic amines) is 1. The molecule has 0 bridgehead atoms. The van der Waals surface area contributed by atoms with Gasteiger partial charge in [0.1, 0.15) is 11.8 Å². The summed E-state index contributed by atoms with van der Waals surface area (Å²) in [5, 5.41) is 5.93. The van der Waals surface area contributed by atoms with E-state index < -0.39 is 11.9 Å². The van der Waals surface area contributed by atoms with Crippen LogP contribution in [0.5, 0.6) is 5.75 Å². The van der Waals surface area contributed by atoms with E-state index in [0.717, 1.165) is 30.5 Å². The molecule has 2 aromatic rings. The van der Waals surface area contributed by atoms with E-state index in [1.165, 1.54) is 4.90 Å². The number of nitrogens with zero attached hydrogens (tertiary/aromatic N) is 2. The van der Waals surface area contributed by atoms with Gasteiger partial charge < -0.3 is 15.0 Å². The Morgan fingerprint density at radius 1 is 1.18 bits per heavy atom. The van der Waals surface area contributed by atoms with Gasteiger partial charge in [-0.3, -0.25) is 29.4 Å². The van der Waals surface area contributed by atoms with Crippen LogP contribution in [0, 0.1) is 6.92 Å². The van der Waals surface area contributed by atoms with Crippen LogP contribution in [0.3, 0.4) is 0 Å². The quantitative estimate of drug-likeness (QED) is 0.394. The maximum atomic E-state index is 13.0. The van der Waals surface area contributed by atoms with Crippen LogP contribution >= 0.6 is 11.6 Å². The Bertz CT molecular complexity index is 1280. The maximum Gasteiger partial charge on any atom is 0.255 e. The second-order valence-corrected chi connectivity index (χ2v) is 10.4. The van der Waals surface area contributed by atoms with Gasteiger partial charge >= 0.3 is 0 Å². The second-order valence-electron chi connectivity index (χ2n) is 10.0. The molecule has 38 heavy (non-hydrogen) atoms. The lowest BCUT2D eigenvalue weighted by Crippen LogP contribution is -2.52. The third-order valence-electron chi connectivity index (χ3n) is 7.49. The van der Waals surface area contributed by atoms with E-state index in [-0.39, 0.29) is 36.7 Å². The summed E-state index contributed by atoms with van der Waals surface area (Å²) in [6.07, 6.45) is 3.01. The highest BCUT2D eigenvalue weighted by atomic mass is 35.5. The van der Waals surface area contributed by atoms with Gasteiger partial charge in [0, 0.05) is 34.8 Å². The van der Waals surface area contributed by atoms with Crippen molar-refractivity contribution in [1.29, 1.82) is 0 Å². The smallest absolute Gasteiger partial charge is 0.255 e. The SMILES string of the molecule is Cc1ccc(NC(=O)C2CCCN2CCCOc2cccc3c2CN(C2CCC(=O)NC2=O)C3=O)cc1Cl. The van der Waals surface area contributed by atoms with Crippen molar-refractivity contribution in [2.75, 3.05) is 25.0 Å². The van der Waals surface area contributed by atoms with E-state index in [0.29, 0.717) is 48.0 Å². The van der Waals surface area contributed by atoms with Gasteiger partial charge in [-0.25, -0.2) is 0 Å². The molecule has 3 aliphatic rings. The lowest BCUT2D eigenvalue weighted by Gasteiger charge is -2.29. The zero-order chi connectivity index (χ0) is 26.8. The minimum Gasteiger partial charge on any atom is -0.493 e. The highest BCUT2D eigenvalue weighted by molar-refractivity contribution is 6.31. The predicted octanol–water partition coefficient (Wildman–Crippen LogP) is 3.28. The zero-order valence-electron chi connectivity index (χ0n) is 21.3. The molecule has 2 atom stereocenters. The fraction of sp³-hybridized carbons (Fsp3) is 0.429. The summed E-state index contributed by atoms with van der Waals surface area (Å²) in [5.74, 6) is -0.370. The first-order valence-electron chi connectivity index (χ1n) is 13.0. The Labute approximate surface area is 226 Å². The summed E-state index contributed by atoms with van der Waals surface area (Å²) in [6, 6.07) is 10.0. The summed E-state index contributed by atoms with van der Waals surface area (Å²) >= 11 is 6.20. The number of rotatable bonds is 8. The number of hydrogen-bond donors (Lipinski definition) is 2. The second kappa shape index (κ2) is 11.1. The maximum absolute atomic E-state index is 13.0. The molecule has 2 aromatic carbocycles. The van der Waals surface area contributed by atoms with Gasteiger partial charge in [-0.2, -0.15) is 0 Å². The number of anilines is 1. The van der Waals surface area contributed by atoms with Crippen molar-refractivity contribution in [3.05, 3.63) is 58.1 Å². The van der Waals surface area contributed by atoms with Gasteiger partial charge in [0.2, 0.25) is 17.7 Å². The van der Waals surface area contributed by atoms with E-state index in [1.54, 1.807) is 18.2 Å². The first kappa shape index (κ1) is 26.2. The molecule has 0 aromatic heterocycles. The first-order chi connectivity index (χ1) is 18.3. The van der Waals surface area contributed by atoms with Gasteiger partial charge in [0.15, 0.2) is 0 Å². The number of halogens is 1. The van der Waals surface area contributed by atoms with Gasteiger partial charge in [0.05, 0.1) is 19.2 Å². The topological polar surface area (TPSA) is 108 Å². The molecule has 0 saturated carbocycles. The molecule has 3 aliphatic heterocycles. The third kappa shape index (κ3) is 5.39. The Morgan fingerprint density at radius 3 is 2.82 bits per heavy atom. The fourth-order valence-corrected chi connectivity index (χ4v) is 5.61. The zero-order valence-corrected chi connectivity index (χ0v) is 22.1. The highest BCUT2D eigenvalue weighted by Gasteiger charge is 2.40. The molecule has 2 saturated heterocycles. The molecule has 9 nitrogen and oxygen atoms in total. The number of hydrogen-bond acceptors (Lipinski definition) is 6. The van der Waals surface area contributed by atoms with Crippen molar-refractivity contribution >= 4 is 40.9 Å². The van der Waals surface area contributed by atoms with Gasteiger partial charge in [-0.15, -0.1) is 0 Å². The molecule has 0 aliphatic carbocycles. The molecule has 0 radical (unpaired) electrons. The molecule has 5 rings (SSSR count). The molecular formula is C28H31ClN4O5. The number of piperidine rings is 1. The lowest BCUT2D eigenvalue weighted by molar-refractivity contribution is -0.137. The standard InChI is InChI=1S/C28H31ClN4O5/c1-17-8-9-18(15-21(17)29)30-26(35)22-6-3-12-32(22)13-4-14-38-24-7-2-5-19-20(24)16-33(28(19)37)23-10-11-25(34)31-27(23)36/h2,5,7-9,15,22-23H,3-4,6,10-14,16H2,1H3,(H,30,35)(H,31,34,36). The number of aryl methyl sites for hydroxylation is 1. The summed E-state index contributed by atoms with van der Waals surface area (Å²) in [5.41, 5.74) is 2.95. The van der Waals surface area contributed by atoms with E-state index in [2.05, 4.69) is 15.5 Å². The molecule has 10 heteroatoms. The van der Waals surface area contributed by atoms with Gasteiger partial charge in [-0.05, 0) is 69.0 Å². The average Bonchev–Trinajstić information content (AvgIpc) is 3.49. The van der Waals surface area contributed by atoms with Crippen molar-refractivity contribution in [2.45, 2.75) is 57.7 Å². The monoisotopic (exact) mass is 538 g/mol. The average molecular weight is 539 g/mol. The number of amides is 4. The van der Waals surface area contributed by atoms with Crippen LogP contribution in [0.25, 0.3) is 0 Å². The van der Waals surface area contributed by atoms with Crippen molar-refractivity contribution < 1.29 is 23.9 Å². The number of benzene rings is 2. The number of carbonyl (C=O) groups is 4. The van der Waals surface area contributed by atoms with E-state index in [4.69, 9.17) is 16.3 Å². The highest BCUT2D eigenvalue weighted by Crippen LogP contribution is 2.33. The number of ether oxygens (including phenoxy) is 1. The lowest BCUT2D eigenvalue weighted by atomic mass is 10.0. The molecule has 3 heterocycles. The third-order valence-corrected chi connectivity index (χ3v) is 7.90. The van der Waals surface area contributed by atoms with E-state index >= 15 is 0 Å². The number of fused-ring (bicyclic) bond motifs is 1. The number of nitrogens with one attached hydrogen (secondary N) is 2.